The molecule has 1 aromatic heterocycles. The lowest BCUT2D eigenvalue weighted by molar-refractivity contribution is 0.101. The summed E-state index contributed by atoms with van der Waals surface area (Å²) in [6, 6.07) is 14.9. The number of amides is 1. The molecule has 5 nitrogen and oxygen atoms in total. The smallest absolute Gasteiger partial charge is 0.272 e. The summed E-state index contributed by atoms with van der Waals surface area (Å²) in [4.78, 5) is 12.6. The zero-order valence-electron chi connectivity index (χ0n) is 13.3. The fourth-order valence-electron chi connectivity index (χ4n) is 2.59. The molecule has 0 bridgehead atoms. The number of carbonyl (C=O) groups excluding carboxylic acids is 1. The summed E-state index contributed by atoms with van der Waals surface area (Å²) in [5.41, 5.74) is 2.15. The molecule has 0 unspecified atom stereocenters. The van der Waals surface area contributed by atoms with Crippen LogP contribution < -0.4 is 14.8 Å². The van der Waals surface area contributed by atoms with Crippen molar-refractivity contribution >= 4 is 22.5 Å². The molecule has 0 aliphatic heterocycles. The van der Waals surface area contributed by atoms with Crippen molar-refractivity contribution in [1.29, 1.82) is 0 Å². The normalized spacial score (nSPS) is 10.6. The number of para-hydroxylation sites is 2. The van der Waals surface area contributed by atoms with Crippen molar-refractivity contribution < 1.29 is 14.3 Å². The van der Waals surface area contributed by atoms with Crippen LogP contribution in [0.1, 0.15) is 10.5 Å². The first kappa shape index (κ1) is 15.0. The molecule has 23 heavy (non-hydrogen) atoms. The third-order valence-corrected chi connectivity index (χ3v) is 3.84. The largest absolute Gasteiger partial charge is 0.497 e. The standard InChI is InChI=1S/C18H18N2O3/c1-20-15-11-13(22-2)9-8-12(15)10-16(20)18(21)19-14-6-4-5-7-17(14)23-3/h4-11H,1-3H3,(H,19,21). The van der Waals surface area contributed by atoms with Crippen LogP contribution in [0.5, 0.6) is 11.5 Å². The maximum absolute atomic E-state index is 12.6. The first-order valence-electron chi connectivity index (χ1n) is 7.22. The summed E-state index contributed by atoms with van der Waals surface area (Å²) in [7, 11) is 5.06. The first-order valence-corrected chi connectivity index (χ1v) is 7.22. The van der Waals surface area contributed by atoms with Crippen molar-refractivity contribution in [3.05, 3.63) is 54.2 Å². The molecule has 0 fully saturated rings. The number of ether oxygens (including phenoxy) is 2. The third kappa shape index (κ3) is 2.73. The van der Waals surface area contributed by atoms with E-state index in [1.165, 1.54) is 0 Å². The fourth-order valence-corrected chi connectivity index (χ4v) is 2.59. The van der Waals surface area contributed by atoms with Gasteiger partial charge >= 0.3 is 0 Å². The number of fused-ring (bicyclic) bond motifs is 1. The minimum atomic E-state index is -0.188. The van der Waals surface area contributed by atoms with Crippen molar-refractivity contribution in [3.8, 4) is 11.5 Å². The molecule has 0 saturated carbocycles. The first-order chi connectivity index (χ1) is 11.1. The van der Waals surface area contributed by atoms with Crippen molar-refractivity contribution in [3.63, 3.8) is 0 Å². The Bertz CT molecular complexity index is 868. The summed E-state index contributed by atoms with van der Waals surface area (Å²) in [6.45, 7) is 0. The lowest BCUT2D eigenvalue weighted by atomic mass is 10.2. The van der Waals surface area contributed by atoms with Crippen molar-refractivity contribution in [1.82, 2.24) is 4.57 Å². The van der Waals surface area contributed by atoms with Crippen LogP contribution in [0.3, 0.4) is 0 Å². The number of nitrogens with one attached hydrogen (secondary N) is 1. The molecule has 0 spiro atoms. The molecule has 0 saturated heterocycles. The van der Waals surface area contributed by atoms with Gasteiger partial charge < -0.3 is 19.4 Å². The van der Waals surface area contributed by atoms with E-state index in [9.17, 15) is 4.79 Å². The van der Waals surface area contributed by atoms with Crippen LogP contribution in [0, 0.1) is 0 Å². The Hall–Kier alpha value is -2.95. The summed E-state index contributed by atoms with van der Waals surface area (Å²) in [5.74, 6) is 1.20. The van der Waals surface area contributed by atoms with E-state index in [-0.39, 0.29) is 5.91 Å². The van der Waals surface area contributed by atoms with Gasteiger partial charge in [-0.2, -0.15) is 0 Å². The van der Waals surface area contributed by atoms with Gasteiger partial charge in [-0.3, -0.25) is 4.79 Å². The van der Waals surface area contributed by atoms with E-state index in [1.54, 1.807) is 14.2 Å². The molecule has 0 radical (unpaired) electrons. The molecular weight excluding hydrogens is 292 g/mol. The van der Waals surface area contributed by atoms with E-state index in [1.807, 2.05) is 60.1 Å². The van der Waals surface area contributed by atoms with Crippen molar-refractivity contribution in [2.75, 3.05) is 19.5 Å². The number of aromatic nitrogens is 1. The minimum absolute atomic E-state index is 0.188. The molecule has 1 N–H and O–H groups in total. The second-order valence-corrected chi connectivity index (χ2v) is 5.17. The van der Waals surface area contributed by atoms with Gasteiger partial charge in [-0.05, 0) is 30.3 Å². The van der Waals surface area contributed by atoms with E-state index in [2.05, 4.69) is 5.32 Å². The summed E-state index contributed by atoms with van der Waals surface area (Å²) in [5, 5.41) is 3.88. The summed E-state index contributed by atoms with van der Waals surface area (Å²) in [6.07, 6.45) is 0. The Morgan fingerprint density at radius 3 is 2.57 bits per heavy atom. The molecule has 1 amide bonds. The lowest BCUT2D eigenvalue weighted by Crippen LogP contribution is -2.16. The van der Waals surface area contributed by atoms with Gasteiger partial charge in [0.05, 0.1) is 25.4 Å². The van der Waals surface area contributed by atoms with Crippen LogP contribution in [0.25, 0.3) is 10.9 Å². The lowest BCUT2D eigenvalue weighted by Gasteiger charge is -2.10. The predicted octanol–water partition coefficient (Wildman–Crippen LogP) is 3.45. The number of carbonyl (C=O) groups is 1. The molecule has 5 heteroatoms. The Labute approximate surface area is 134 Å². The highest BCUT2D eigenvalue weighted by atomic mass is 16.5. The number of benzene rings is 2. The zero-order chi connectivity index (χ0) is 16.4. The van der Waals surface area contributed by atoms with E-state index >= 15 is 0 Å². The van der Waals surface area contributed by atoms with Crippen LogP contribution in [0.4, 0.5) is 5.69 Å². The molecule has 0 aliphatic rings. The van der Waals surface area contributed by atoms with Gasteiger partial charge in [0.1, 0.15) is 17.2 Å². The topological polar surface area (TPSA) is 52.5 Å². The van der Waals surface area contributed by atoms with Gasteiger partial charge in [-0.15, -0.1) is 0 Å². The molecule has 3 aromatic rings. The fraction of sp³-hybridized carbons (Fsp3) is 0.167. The minimum Gasteiger partial charge on any atom is -0.497 e. The maximum Gasteiger partial charge on any atom is 0.272 e. The molecule has 3 rings (SSSR count). The Morgan fingerprint density at radius 1 is 1.04 bits per heavy atom. The van der Waals surface area contributed by atoms with E-state index in [4.69, 9.17) is 9.47 Å². The molecule has 0 atom stereocenters. The number of aryl methyl sites for hydroxylation is 1. The van der Waals surface area contributed by atoms with Gasteiger partial charge in [0.25, 0.3) is 5.91 Å². The van der Waals surface area contributed by atoms with Gasteiger partial charge in [0, 0.05) is 18.5 Å². The Morgan fingerprint density at radius 2 is 1.83 bits per heavy atom. The molecule has 0 aliphatic carbocycles. The zero-order valence-corrected chi connectivity index (χ0v) is 13.3. The van der Waals surface area contributed by atoms with Gasteiger partial charge in [-0.1, -0.05) is 12.1 Å². The average molecular weight is 310 g/mol. The molecule has 2 aromatic carbocycles. The monoisotopic (exact) mass is 310 g/mol. The maximum atomic E-state index is 12.6. The number of hydrogen-bond acceptors (Lipinski definition) is 3. The predicted molar refractivity (Wildman–Crippen MR) is 90.4 cm³/mol. The number of anilines is 1. The highest BCUT2D eigenvalue weighted by Crippen LogP contribution is 2.26. The van der Waals surface area contributed by atoms with Crippen LogP contribution >= 0.6 is 0 Å². The summed E-state index contributed by atoms with van der Waals surface area (Å²) < 4.78 is 12.4. The highest BCUT2D eigenvalue weighted by molar-refractivity contribution is 6.07. The molecule has 1 heterocycles. The SMILES string of the molecule is COc1ccc2cc(C(=O)Nc3ccccc3OC)n(C)c2c1. The van der Waals surface area contributed by atoms with E-state index in [0.717, 1.165) is 16.7 Å². The average Bonchev–Trinajstić information content (AvgIpc) is 2.91. The second kappa shape index (κ2) is 6.04. The third-order valence-electron chi connectivity index (χ3n) is 3.84. The highest BCUT2D eigenvalue weighted by Gasteiger charge is 2.15. The Balaban J connectivity index is 1.96. The van der Waals surface area contributed by atoms with Crippen LogP contribution in [-0.2, 0) is 7.05 Å². The van der Waals surface area contributed by atoms with Gasteiger partial charge in [0.15, 0.2) is 0 Å². The molecular formula is C18H18N2O3. The molecule has 118 valence electrons. The van der Waals surface area contributed by atoms with E-state index < -0.39 is 0 Å². The summed E-state index contributed by atoms with van der Waals surface area (Å²) >= 11 is 0. The van der Waals surface area contributed by atoms with Gasteiger partial charge in [0.2, 0.25) is 0 Å². The number of rotatable bonds is 4. The quantitative estimate of drug-likeness (QED) is 0.803. The van der Waals surface area contributed by atoms with Crippen molar-refractivity contribution in [2.24, 2.45) is 7.05 Å². The van der Waals surface area contributed by atoms with E-state index in [0.29, 0.717) is 17.1 Å². The van der Waals surface area contributed by atoms with Crippen LogP contribution in [0.15, 0.2) is 48.5 Å². The van der Waals surface area contributed by atoms with Crippen LogP contribution in [0.2, 0.25) is 0 Å². The number of methoxy groups -OCH3 is 2. The van der Waals surface area contributed by atoms with Crippen molar-refractivity contribution in [2.45, 2.75) is 0 Å². The van der Waals surface area contributed by atoms with Gasteiger partial charge in [-0.25, -0.2) is 0 Å². The number of hydrogen-bond donors (Lipinski definition) is 1. The Kier molecular flexibility index (Phi) is 3.93. The van der Waals surface area contributed by atoms with Crippen LogP contribution in [-0.4, -0.2) is 24.7 Å². The number of nitrogens with zero attached hydrogens (tertiary/aromatic N) is 1. The second-order valence-electron chi connectivity index (χ2n) is 5.17.